The van der Waals surface area contributed by atoms with Crippen molar-refractivity contribution >= 4 is 5.97 Å². The lowest BCUT2D eigenvalue weighted by molar-refractivity contribution is -0.354. The van der Waals surface area contributed by atoms with Gasteiger partial charge in [-0.1, -0.05) is 0 Å². The first kappa shape index (κ1) is 22.3. The summed E-state index contributed by atoms with van der Waals surface area (Å²) >= 11 is 0. The zero-order chi connectivity index (χ0) is 21.3. The molecule has 0 radical (unpaired) electrons. The fraction of sp³-hybridized carbons (Fsp3) is 0.824. The number of rotatable bonds is 5. The van der Waals surface area contributed by atoms with E-state index in [0.717, 1.165) is 6.26 Å². The molecular weight excluding hydrogens is 396 g/mol. The Morgan fingerprint density at radius 3 is 2.34 bits per heavy atom. The molecule has 166 valence electrons. The third-order valence-electron chi connectivity index (χ3n) is 5.44. The molecule has 3 rings (SSSR count). The number of aliphatic hydroxyl groups excluding tert-OH is 6. The van der Waals surface area contributed by atoms with E-state index in [1.165, 1.54) is 7.11 Å². The molecule has 0 aliphatic carbocycles. The molecule has 2 fully saturated rings. The van der Waals surface area contributed by atoms with Gasteiger partial charge in [-0.05, 0) is 0 Å². The summed E-state index contributed by atoms with van der Waals surface area (Å²) in [6.07, 6.45) is -9.87. The molecule has 12 nitrogen and oxygen atoms in total. The molecule has 0 aromatic heterocycles. The van der Waals surface area contributed by atoms with E-state index in [-0.39, 0.29) is 12.0 Å². The average molecular weight is 422 g/mol. The van der Waals surface area contributed by atoms with Crippen molar-refractivity contribution in [3.8, 4) is 0 Å². The molecule has 0 aromatic carbocycles. The quantitative estimate of drug-likeness (QED) is 0.241. The predicted octanol–water partition coefficient (Wildman–Crippen LogP) is -3.45. The Hall–Kier alpha value is -1.35. The number of hydrogen-bond acceptors (Lipinski definition) is 12. The number of methoxy groups -OCH3 is 1. The number of esters is 1. The van der Waals surface area contributed by atoms with Crippen LogP contribution in [0.1, 0.15) is 6.42 Å². The van der Waals surface area contributed by atoms with E-state index in [0.29, 0.717) is 0 Å². The van der Waals surface area contributed by atoms with Crippen LogP contribution in [0.2, 0.25) is 0 Å². The maximum atomic E-state index is 12.1. The van der Waals surface area contributed by atoms with Crippen molar-refractivity contribution in [2.45, 2.75) is 55.8 Å². The first-order valence-corrected chi connectivity index (χ1v) is 9.16. The van der Waals surface area contributed by atoms with Gasteiger partial charge in [0.25, 0.3) is 0 Å². The Kier molecular flexibility index (Phi) is 7.09. The Morgan fingerprint density at radius 1 is 1.03 bits per heavy atom. The average Bonchev–Trinajstić information content (AvgIpc) is 2.72. The minimum Gasteiger partial charge on any atom is -0.471 e. The molecule has 0 aromatic rings. The lowest BCUT2D eigenvalue weighted by Gasteiger charge is -2.47. The highest BCUT2D eigenvalue weighted by atomic mass is 16.8. The SMILES string of the molecule is COC(=O)C1=CO[C@H](O[C@@H]2O[C@H](CO)[C@@H](O)[C@H](O)[C@H]2O)[C@@H]2[C@H](CO)OC(O)C[C@H]12. The molecule has 10 atom stereocenters. The first-order chi connectivity index (χ1) is 13.8. The molecule has 1 unspecified atom stereocenters. The van der Waals surface area contributed by atoms with Crippen LogP contribution in [0.4, 0.5) is 0 Å². The van der Waals surface area contributed by atoms with E-state index in [9.17, 15) is 35.4 Å². The monoisotopic (exact) mass is 422 g/mol. The van der Waals surface area contributed by atoms with E-state index in [1.807, 2.05) is 0 Å². The number of ether oxygens (including phenoxy) is 5. The summed E-state index contributed by atoms with van der Waals surface area (Å²) in [6, 6.07) is 0. The highest BCUT2D eigenvalue weighted by Gasteiger charge is 2.52. The molecular formula is C17H26O12. The van der Waals surface area contributed by atoms with Gasteiger partial charge in [0.1, 0.15) is 24.4 Å². The van der Waals surface area contributed by atoms with Gasteiger partial charge in [0.05, 0.1) is 44.2 Å². The second-order valence-electron chi connectivity index (χ2n) is 7.13. The van der Waals surface area contributed by atoms with Crippen molar-refractivity contribution in [2.75, 3.05) is 20.3 Å². The minimum absolute atomic E-state index is 0.00000144. The first-order valence-electron chi connectivity index (χ1n) is 9.16. The van der Waals surface area contributed by atoms with Crippen molar-refractivity contribution in [3.05, 3.63) is 11.8 Å². The lowest BCUT2D eigenvalue weighted by atomic mass is 9.76. The highest BCUT2D eigenvalue weighted by molar-refractivity contribution is 5.88. The molecule has 2 saturated heterocycles. The molecule has 29 heavy (non-hydrogen) atoms. The Balaban J connectivity index is 1.84. The second kappa shape index (κ2) is 9.20. The van der Waals surface area contributed by atoms with Crippen LogP contribution in [-0.4, -0.2) is 106 Å². The summed E-state index contributed by atoms with van der Waals surface area (Å²) in [7, 11) is 1.19. The van der Waals surface area contributed by atoms with E-state index in [1.54, 1.807) is 0 Å². The maximum Gasteiger partial charge on any atom is 0.337 e. The normalized spacial score (nSPS) is 45.0. The van der Waals surface area contributed by atoms with Crippen molar-refractivity contribution in [3.63, 3.8) is 0 Å². The van der Waals surface area contributed by atoms with Crippen molar-refractivity contribution in [1.82, 2.24) is 0 Å². The van der Waals surface area contributed by atoms with Crippen molar-refractivity contribution in [1.29, 1.82) is 0 Å². The van der Waals surface area contributed by atoms with E-state index in [2.05, 4.69) is 0 Å². The second-order valence-corrected chi connectivity index (χ2v) is 7.13. The van der Waals surface area contributed by atoms with Crippen molar-refractivity contribution < 1.29 is 59.1 Å². The van der Waals surface area contributed by atoms with Crippen LogP contribution in [0.5, 0.6) is 0 Å². The van der Waals surface area contributed by atoms with Gasteiger partial charge in [-0.25, -0.2) is 4.79 Å². The van der Waals surface area contributed by atoms with E-state index < -0.39 is 80.4 Å². The summed E-state index contributed by atoms with van der Waals surface area (Å²) in [6.45, 7) is -1.16. The highest BCUT2D eigenvalue weighted by Crippen LogP contribution is 2.42. The van der Waals surface area contributed by atoms with Gasteiger partial charge in [-0.15, -0.1) is 0 Å². The predicted molar refractivity (Wildman–Crippen MR) is 89.4 cm³/mol. The zero-order valence-corrected chi connectivity index (χ0v) is 15.6. The van der Waals surface area contributed by atoms with E-state index in [4.69, 9.17) is 23.7 Å². The van der Waals surface area contributed by atoms with Crippen LogP contribution in [0, 0.1) is 11.8 Å². The molecule has 0 spiro atoms. The van der Waals surface area contributed by atoms with Crippen LogP contribution in [0.15, 0.2) is 11.8 Å². The Labute approximate surface area is 165 Å². The van der Waals surface area contributed by atoms with Crippen LogP contribution >= 0.6 is 0 Å². The molecule has 3 heterocycles. The van der Waals surface area contributed by atoms with Gasteiger partial charge in [0.2, 0.25) is 6.29 Å². The minimum atomic E-state index is -1.66. The summed E-state index contributed by atoms with van der Waals surface area (Å²) in [4.78, 5) is 12.1. The van der Waals surface area contributed by atoms with Gasteiger partial charge in [-0.3, -0.25) is 0 Å². The third-order valence-corrected chi connectivity index (χ3v) is 5.44. The maximum absolute atomic E-state index is 12.1. The molecule has 3 aliphatic rings. The van der Waals surface area contributed by atoms with E-state index >= 15 is 0 Å². The van der Waals surface area contributed by atoms with Gasteiger partial charge in [-0.2, -0.15) is 0 Å². The molecule has 0 amide bonds. The summed E-state index contributed by atoms with van der Waals surface area (Å²) < 4.78 is 26.5. The summed E-state index contributed by atoms with van der Waals surface area (Å²) in [5.74, 6) is -2.14. The van der Waals surface area contributed by atoms with Gasteiger partial charge < -0.3 is 54.3 Å². The Morgan fingerprint density at radius 2 is 1.72 bits per heavy atom. The molecule has 0 bridgehead atoms. The van der Waals surface area contributed by atoms with Crippen LogP contribution < -0.4 is 0 Å². The standard InChI is InChI=1S/C17H26O12/c1-25-15(24)7-5-26-16(11-6(7)2-10(20)27-8(11)3-18)29-17-14(23)13(22)12(21)9(4-19)28-17/h5-6,8-14,16-23H,2-4H2,1H3/t6-,8+,9-,10?,11+,12-,13+,14-,16-,17+/m1/s1. The molecule has 3 aliphatic heterocycles. The van der Waals surface area contributed by atoms with Gasteiger partial charge >= 0.3 is 5.97 Å². The fourth-order valence-electron chi connectivity index (χ4n) is 3.92. The Bertz CT molecular complexity index is 609. The molecule has 12 heteroatoms. The van der Waals surface area contributed by atoms with Gasteiger partial charge in [0, 0.05) is 12.3 Å². The summed E-state index contributed by atoms with van der Waals surface area (Å²) in [5, 5.41) is 58.9. The third kappa shape index (κ3) is 4.26. The number of fused-ring (bicyclic) bond motifs is 1. The van der Waals surface area contributed by atoms with Crippen LogP contribution in [-0.2, 0) is 28.5 Å². The van der Waals surface area contributed by atoms with Crippen molar-refractivity contribution in [2.24, 2.45) is 11.8 Å². The molecule has 6 N–H and O–H groups in total. The largest absolute Gasteiger partial charge is 0.471 e. The topological polar surface area (TPSA) is 185 Å². The lowest BCUT2D eigenvalue weighted by Crippen LogP contribution is -2.61. The summed E-state index contributed by atoms with van der Waals surface area (Å²) in [5.41, 5.74) is 0.118. The number of carbonyl (C=O) groups excluding carboxylic acids is 1. The number of hydrogen-bond donors (Lipinski definition) is 6. The van der Waals surface area contributed by atoms with Crippen LogP contribution in [0.3, 0.4) is 0 Å². The number of carbonyl (C=O) groups is 1. The molecule has 0 saturated carbocycles. The van der Waals surface area contributed by atoms with Gasteiger partial charge in [0.15, 0.2) is 12.6 Å². The fourth-order valence-corrected chi connectivity index (χ4v) is 3.92. The van der Waals surface area contributed by atoms with Crippen LogP contribution in [0.25, 0.3) is 0 Å². The number of aliphatic hydroxyl groups is 6. The smallest absolute Gasteiger partial charge is 0.337 e. The zero-order valence-electron chi connectivity index (χ0n) is 15.6.